The molecule has 1 saturated heterocycles. The third-order valence-corrected chi connectivity index (χ3v) is 4.34. The number of hydrogen-bond acceptors (Lipinski definition) is 3. The lowest BCUT2D eigenvalue weighted by Gasteiger charge is -2.35. The Morgan fingerprint density at radius 1 is 1.42 bits per heavy atom. The van der Waals surface area contributed by atoms with Gasteiger partial charge in [0.1, 0.15) is 0 Å². The molecule has 1 fully saturated rings. The van der Waals surface area contributed by atoms with Crippen LogP contribution < -0.4 is 0 Å². The molecule has 1 aromatic carbocycles. The smallest absolute Gasteiger partial charge is 0.176 e. The summed E-state index contributed by atoms with van der Waals surface area (Å²) in [7, 11) is 1.75. The van der Waals surface area contributed by atoms with Crippen molar-refractivity contribution in [3.63, 3.8) is 0 Å². The molecule has 19 heavy (non-hydrogen) atoms. The molecule has 0 bridgehead atoms. The molecule has 1 aromatic rings. The molecule has 2 unspecified atom stereocenters. The molecule has 0 N–H and O–H groups in total. The van der Waals surface area contributed by atoms with E-state index >= 15 is 0 Å². The molecule has 4 heteroatoms. The maximum absolute atomic E-state index is 12.2. The number of Topliss-reactive ketones (excluding diaryl/α,β-unsaturated/α-hetero) is 1. The van der Waals surface area contributed by atoms with Crippen molar-refractivity contribution in [1.29, 1.82) is 0 Å². The van der Waals surface area contributed by atoms with E-state index in [1.165, 1.54) is 0 Å². The summed E-state index contributed by atoms with van der Waals surface area (Å²) in [6.45, 7) is 4.51. The van der Waals surface area contributed by atoms with Gasteiger partial charge in [-0.05, 0) is 31.0 Å². The van der Waals surface area contributed by atoms with Crippen molar-refractivity contribution in [1.82, 2.24) is 4.90 Å². The molecule has 0 spiro atoms. The van der Waals surface area contributed by atoms with Crippen LogP contribution in [0, 0.1) is 5.92 Å². The summed E-state index contributed by atoms with van der Waals surface area (Å²) in [5.74, 6) is 0.751. The summed E-state index contributed by atoms with van der Waals surface area (Å²) < 4.78 is 6.47. The Hall–Kier alpha value is -0.710. The van der Waals surface area contributed by atoms with Crippen LogP contribution in [0.15, 0.2) is 28.7 Å². The van der Waals surface area contributed by atoms with Crippen LogP contribution >= 0.6 is 15.9 Å². The fourth-order valence-electron chi connectivity index (χ4n) is 2.48. The highest BCUT2D eigenvalue weighted by Gasteiger charge is 2.27. The number of halogens is 1. The van der Waals surface area contributed by atoms with Crippen LogP contribution in [0.1, 0.15) is 23.7 Å². The van der Waals surface area contributed by atoms with E-state index in [0.717, 1.165) is 29.5 Å². The molecule has 3 nitrogen and oxygen atoms in total. The molecule has 0 amide bonds. The van der Waals surface area contributed by atoms with E-state index in [9.17, 15) is 4.79 Å². The molecular formula is C15H20BrNO2. The number of hydrogen-bond donors (Lipinski definition) is 0. The Balaban J connectivity index is 1.94. The molecule has 0 saturated carbocycles. The first-order valence-corrected chi connectivity index (χ1v) is 7.43. The van der Waals surface area contributed by atoms with Gasteiger partial charge in [0.05, 0.1) is 12.6 Å². The van der Waals surface area contributed by atoms with E-state index in [1.54, 1.807) is 7.11 Å². The molecule has 0 aromatic heterocycles. The van der Waals surface area contributed by atoms with Crippen LogP contribution in [0.25, 0.3) is 0 Å². The van der Waals surface area contributed by atoms with Crippen LogP contribution in [0.3, 0.4) is 0 Å². The fraction of sp³-hybridized carbons (Fsp3) is 0.533. The number of nitrogens with zero attached hydrogens (tertiary/aromatic N) is 1. The van der Waals surface area contributed by atoms with E-state index in [2.05, 4.69) is 27.8 Å². The van der Waals surface area contributed by atoms with Crippen LogP contribution in [0.5, 0.6) is 0 Å². The second-order valence-electron chi connectivity index (χ2n) is 5.21. The van der Waals surface area contributed by atoms with Gasteiger partial charge in [-0.3, -0.25) is 9.69 Å². The van der Waals surface area contributed by atoms with Gasteiger partial charge in [-0.1, -0.05) is 35.0 Å². The Morgan fingerprint density at radius 2 is 2.11 bits per heavy atom. The van der Waals surface area contributed by atoms with Gasteiger partial charge in [0.15, 0.2) is 5.78 Å². The van der Waals surface area contributed by atoms with Crippen molar-refractivity contribution in [2.75, 3.05) is 26.7 Å². The number of carbonyl (C=O) groups excluding carboxylic acids is 1. The summed E-state index contributed by atoms with van der Waals surface area (Å²) in [6.07, 6.45) is 1.33. The Bertz CT molecular complexity index is 432. The molecule has 0 aliphatic carbocycles. The highest BCUT2D eigenvalue weighted by Crippen LogP contribution is 2.20. The second-order valence-corrected chi connectivity index (χ2v) is 6.12. The topological polar surface area (TPSA) is 29.5 Å². The van der Waals surface area contributed by atoms with Crippen molar-refractivity contribution >= 4 is 21.7 Å². The molecule has 1 heterocycles. The first-order valence-electron chi connectivity index (χ1n) is 6.64. The normalized spacial score (nSPS) is 24.4. The Kier molecular flexibility index (Phi) is 5.13. The Labute approximate surface area is 123 Å². The van der Waals surface area contributed by atoms with Crippen LogP contribution in [0.4, 0.5) is 0 Å². The van der Waals surface area contributed by atoms with Crippen molar-refractivity contribution in [3.8, 4) is 0 Å². The molecule has 104 valence electrons. The van der Waals surface area contributed by atoms with Gasteiger partial charge in [-0.15, -0.1) is 0 Å². The average molecular weight is 326 g/mol. The third-order valence-electron chi connectivity index (χ3n) is 3.81. The monoisotopic (exact) mass is 325 g/mol. The number of piperidine rings is 1. The summed E-state index contributed by atoms with van der Waals surface area (Å²) in [5, 5.41) is 0. The molecular weight excluding hydrogens is 306 g/mol. The zero-order valence-corrected chi connectivity index (χ0v) is 13.0. The number of ether oxygens (including phenoxy) is 1. The maximum Gasteiger partial charge on any atom is 0.176 e. The van der Waals surface area contributed by atoms with Gasteiger partial charge < -0.3 is 4.74 Å². The predicted octanol–water partition coefficient (Wildman–Crippen LogP) is 2.99. The van der Waals surface area contributed by atoms with Crippen LogP contribution in [0.2, 0.25) is 0 Å². The molecule has 1 aliphatic heterocycles. The second kappa shape index (κ2) is 6.64. The molecule has 1 aliphatic rings. The van der Waals surface area contributed by atoms with Crippen molar-refractivity contribution in [2.45, 2.75) is 19.4 Å². The van der Waals surface area contributed by atoms with E-state index < -0.39 is 0 Å². The number of ketones is 1. The minimum absolute atomic E-state index is 0.178. The summed E-state index contributed by atoms with van der Waals surface area (Å²) in [4.78, 5) is 14.4. The van der Waals surface area contributed by atoms with E-state index in [4.69, 9.17) is 4.74 Å². The lowest BCUT2D eigenvalue weighted by atomic mass is 9.95. The van der Waals surface area contributed by atoms with Gasteiger partial charge in [0.2, 0.25) is 0 Å². The van der Waals surface area contributed by atoms with Crippen molar-refractivity contribution in [3.05, 3.63) is 34.3 Å². The van der Waals surface area contributed by atoms with Crippen LogP contribution in [-0.2, 0) is 4.74 Å². The molecule has 2 rings (SSSR count). The lowest BCUT2D eigenvalue weighted by molar-refractivity contribution is -0.00324. The van der Waals surface area contributed by atoms with Gasteiger partial charge in [0.25, 0.3) is 0 Å². The van der Waals surface area contributed by atoms with Gasteiger partial charge in [-0.2, -0.15) is 0 Å². The lowest BCUT2D eigenvalue weighted by Crippen LogP contribution is -2.45. The summed E-state index contributed by atoms with van der Waals surface area (Å²) in [6, 6.07) is 7.55. The first-order chi connectivity index (χ1) is 9.10. The number of carbonyl (C=O) groups is 1. The number of benzene rings is 1. The predicted molar refractivity (Wildman–Crippen MR) is 79.5 cm³/mol. The van der Waals surface area contributed by atoms with Crippen molar-refractivity contribution in [2.24, 2.45) is 5.92 Å². The quantitative estimate of drug-likeness (QED) is 0.797. The fourth-order valence-corrected chi connectivity index (χ4v) is 2.74. The molecule has 2 atom stereocenters. The van der Waals surface area contributed by atoms with E-state index in [1.807, 2.05) is 24.3 Å². The van der Waals surface area contributed by atoms with Gasteiger partial charge in [-0.25, -0.2) is 0 Å². The van der Waals surface area contributed by atoms with Gasteiger partial charge in [0, 0.05) is 23.7 Å². The minimum Gasteiger partial charge on any atom is -0.380 e. The van der Waals surface area contributed by atoms with E-state index in [0.29, 0.717) is 12.5 Å². The number of likely N-dealkylation sites (tertiary alicyclic amines) is 1. The molecule has 0 radical (unpaired) electrons. The highest BCUT2D eigenvalue weighted by atomic mass is 79.9. The first kappa shape index (κ1) is 14.7. The standard InChI is InChI=1S/C15H20BrNO2/c1-11-7-8-17(10-15(11)19-2)9-14(18)12-3-5-13(16)6-4-12/h3-6,11,15H,7-10H2,1-2H3. The number of rotatable bonds is 4. The average Bonchev–Trinajstić information content (AvgIpc) is 2.41. The summed E-state index contributed by atoms with van der Waals surface area (Å²) in [5.41, 5.74) is 0.774. The minimum atomic E-state index is 0.178. The maximum atomic E-state index is 12.2. The Morgan fingerprint density at radius 3 is 2.74 bits per heavy atom. The van der Waals surface area contributed by atoms with Crippen LogP contribution in [-0.4, -0.2) is 43.5 Å². The third kappa shape index (κ3) is 3.88. The zero-order chi connectivity index (χ0) is 13.8. The zero-order valence-electron chi connectivity index (χ0n) is 11.4. The number of methoxy groups -OCH3 is 1. The largest absolute Gasteiger partial charge is 0.380 e. The van der Waals surface area contributed by atoms with E-state index in [-0.39, 0.29) is 11.9 Å². The van der Waals surface area contributed by atoms with Gasteiger partial charge >= 0.3 is 0 Å². The highest BCUT2D eigenvalue weighted by molar-refractivity contribution is 9.10. The van der Waals surface area contributed by atoms with Crippen molar-refractivity contribution < 1.29 is 9.53 Å². The SMILES string of the molecule is COC1CN(CC(=O)c2ccc(Br)cc2)CCC1C. The summed E-state index contributed by atoms with van der Waals surface area (Å²) >= 11 is 3.38.